The molecule has 0 saturated carbocycles. The molecule has 0 aliphatic heterocycles. The lowest BCUT2D eigenvalue weighted by Gasteiger charge is -2.37. The van der Waals surface area contributed by atoms with Crippen LogP contribution in [-0.4, -0.2) is 22.9 Å². The van der Waals surface area contributed by atoms with Crippen molar-refractivity contribution in [3.8, 4) is 0 Å². The molecule has 0 aromatic carbocycles. The summed E-state index contributed by atoms with van der Waals surface area (Å²) in [5, 5.41) is 9.76. The van der Waals surface area contributed by atoms with Gasteiger partial charge in [-0.15, -0.1) is 0 Å². The molecule has 82 valence electrons. The number of aliphatic hydroxyl groups is 1. The second kappa shape index (κ2) is 4.03. The van der Waals surface area contributed by atoms with E-state index in [1.807, 2.05) is 19.9 Å². The van der Waals surface area contributed by atoms with E-state index in [9.17, 15) is 5.11 Å². The van der Waals surface area contributed by atoms with E-state index in [1.54, 1.807) is 0 Å². The summed E-state index contributed by atoms with van der Waals surface area (Å²) >= 11 is 0. The molecule has 2 nitrogen and oxygen atoms in total. The summed E-state index contributed by atoms with van der Waals surface area (Å²) in [4.78, 5) is 0. The van der Waals surface area contributed by atoms with Crippen molar-refractivity contribution in [3.05, 3.63) is 12.2 Å². The van der Waals surface area contributed by atoms with Gasteiger partial charge in [0.25, 0.3) is 0 Å². The molecule has 2 atom stereocenters. The molecule has 1 rings (SSSR count). The summed E-state index contributed by atoms with van der Waals surface area (Å²) in [7, 11) is 0. The number of hydrogen-bond donors (Lipinski definition) is 1. The van der Waals surface area contributed by atoms with E-state index >= 15 is 0 Å². The average molecular weight is 198 g/mol. The molecule has 0 unspecified atom stereocenters. The minimum Gasteiger partial charge on any atom is -0.386 e. The second-order valence-electron chi connectivity index (χ2n) is 4.90. The number of rotatable bonds is 3. The molecule has 0 aromatic heterocycles. The molecule has 0 fully saturated rings. The van der Waals surface area contributed by atoms with Crippen molar-refractivity contribution in [2.24, 2.45) is 5.92 Å². The first-order valence-electron chi connectivity index (χ1n) is 5.43. The van der Waals surface area contributed by atoms with Crippen LogP contribution in [0.3, 0.4) is 0 Å². The van der Waals surface area contributed by atoms with Crippen molar-refractivity contribution in [1.29, 1.82) is 0 Å². The molecule has 0 amide bonds. The summed E-state index contributed by atoms with van der Waals surface area (Å²) < 4.78 is 5.70. The highest BCUT2D eigenvalue weighted by Crippen LogP contribution is 2.33. The second-order valence-corrected chi connectivity index (χ2v) is 4.90. The molecule has 1 N–H and O–H groups in total. The molecule has 2 heteroatoms. The highest BCUT2D eigenvalue weighted by molar-refractivity contribution is 5.09. The Morgan fingerprint density at radius 3 is 2.64 bits per heavy atom. The maximum atomic E-state index is 9.76. The Labute approximate surface area is 87.0 Å². The molecule has 14 heavy (non-hydrogen) atoms. The van der Waals surface area contributed by atoms with Gasteiger partial charge in [0.2, 0.25) is 0 Å². The van der Waals surface area contributed by atoms with Crippen LogP contribution in [0.4, 0.5) is 0 Å². The van der Waals surface area contributed by atoms with Gasteiger partial charge in [-0.1, -0.05) is 12.2 Å². The molecule has 0 saturated heterocycles. The van der Waals surface area contributed by atoms with E-state index in [4.69, 9.17) is 4.74 Å². The Balaban J connectivity index is 2.64. The first-order chi connectivity index (χ1) is 6.37. The SMILES string of the molecule is CCOC(C)(C)[C@@H]1C=C[C@](C)(O)CC1. The first-order valence-corrected chi connectivity index (χ1v) is 5.43. The molecule has 0 bridgehead atoms. The quantitative estimate of drug-likeness (QED) is 0.706. The fourth-order valence-electron chi connectivity index (χ4n) is 2.01. The molecule has 0 radical (unpaired) electrons. The van der Waals surface area contributed by atoms with Gasteiger partial charge in [0.15, 0.2) is 0 Å². The molecule has 1 aliphatic rings. The standard InChI is InChI=1S/C12H22O2/c1-5-14-11(2,3)10-6-8-12(4,13)9-7-10/h6,8,10,13H,5,7,9H2,1-4H3/t10-,12+/m1/s1. The third kappa shape index (κ3) is 2.82. The zero-order valence-corrected chi connectivity index (χ0v) is 9.71. The van der Waals surface area contributed by atoms with Gasteiger partial charge in [0.1, 0.15) is 0 Å². The maximum Gasteiger partial charge on any atom is 0.0800 e. The van der Waals surface area contributed by atoms with E-state index in [0.717, 1.165) is 19.4 Å². The van der Waals surface area contributed by atoms with Crippen LogP contribution < -0.4 is 0 Å². The molecular weight excluding hydrogens is 176 g/mol. The number of ether oxygens (including phenoxy) is 1. The zero-order chi connectivity index (χ0) is 10.8. The van der Waals surface area contributed by atoms with Gasteiger partial charge in [-0.25, -0.2) is 0 Å². The third-order valence-electron chi connectivity index (χ3n) is 3.06. The predicted molar refractivity (Wildman–Crippen MR) is 58.2 cm³/mol. The van der Waals surface area contributed by atoms with Crippen LogP contribution in [0, 0.1) is 5.92 Å². The van der Waals surface area contributed by atoms with Gasteiger partial charge in [0.05, 0.1) is 11.2 Å². The summed E-state index contributed by atoms with van der Waals surface area (Å²) in [6.45, 7) is 8.85. The van der Waals surface area contributed by atoms with E-state index in [2.05, 4.69) is 19.9 Å². The normalized spacial score (nSPS) is 33.4. The van der Waals surface area contributed by atoms with Crippen LogP contribution in [0.2, 0.25) is 0 Å². The Morgan fingerprint density at radius 2 is 2.21 bits per heavy atom. The first kappa shape index (κ1) is 11.7. The average Bonchev–Trinajstić information content (AvgIpc) is 2.03. The van der Waals surface area contributed by atoms with Gasteiger partial charge >= 0.3 is 0 Å². The monoisotopic (exact) mass is 198 g/mol. The van der Waals surface area contributed by atoms with Gasteiger partial charge in [-0.3, -0.25) is 0 Å². The summed E-state index contributed by atoms with van der Waals surface area (Å²) in [6, 6.07) is 0. The minimum atomic E-state index is -0.612. The highest BCUT2D eigenvalue weighted by Gasteiger charge is 2.33. The largest absolute Gasteiger partial charge is 0.386 e. The summed E-state index contributed by atoms with van der Waals surface area (Å²) in [6.07, 6.45) is 5.82. The molecular formula is C12H22O2. The molecule has 0 heterocycles. The lowest BCUT2D eigenvalue weighted by Crippen LogP contribution is -2.38. The van der Waals surface area contributed by atoms with Gasteiger partial charge < -0.3 is 9.84 Å². The van der Waals surface area contributed by atoms with Crippen LogP contribution in [-0.2, 0) is 4.74 Å². The fraction of sp³-hybridized carbons (Fsp3) is 0.833. The van der Waals surface area contributed by atoms with Gasteiger partial charge in [-0.05, 0) is 40.5 Å². The maximum absolute atomic E-state index is 9.76. The Morgan fingerprint density at radius 1 is 1.57 bits per heavy atom. The van der Waals surface area contributed by atoms with Crippen LogP contribution in [0.1, 0.15) is 40.5 Å². The van der Waals surface area contributed by atoms with Crippen molar-refractivity contribution < 1.29 is 9.84 Å². The van der Waals surface area contributed by atoms with Crippen molar-refractivity contribution in [3.63, 3.8) is 0 Å². The van der Waals surface area contributed by atoms with Crippen molar-refractivity contribution in [1.82, 2.24) is 0 Å². The highest BCUT2D eigenvalue weighted by atomic mass is 16.5. The zero-order valence-electron chi connectivity index (χ0n) is 9.71. The molecule has 1 aliphatic carbocycles. The van der Waals surface area contributed by atoms with Crippen molar-refractivity contribution in [2.45, 2.75) is 51.7 Å². The van der Waals surface area contributed by atoms with Crippen molar-refractivity contribution in [2.75, 3.05) is 6.61 Å². The fourth-order valence-corrected chi connectivity index (χ4v) is 2.01. The summed E-state index contributed by atoms with van der Waals surface area (Å²) in [5.41, 5.74) is -0.722. The van der Waals surface area contributed by atoms with E-state index < -0.39 is 5.60 Å². The predicted octanol–water partition coefficient (Wildman–Crippen LogP) is 2.52. The lowest BCUT2D eigenvalue weighted by molar-refractivity contribution is -0.0511. The topological polar surface area (TPSA) is 29.5 Å². The van der Waals surface area contributed by atoms with Crippen LogP contribution in [0.15, 0.2) is 12.2 Å². The number of hydrogen-bond acceptors (Lipinski definition) is 2. The molecule has 0 aromatic rings. The van der Waals surface area contributed by atoms with Gasteiger partial charge in [-0.2, -0.15) is 0 Å². The Kier molecular flexibility index (Phi) is 3.38. The third-order valence-corrected chi connectivity index (χ3v) is 3.06. The Bertz CT molecular complexity index is 216. The lowest BCUT2D eigenvalue weighted by atomic mass is 9.78. The van der Waals surface area contributed by atoms with E-state index in [-0.39, 0.29) is 5.60 Å². The minimum absolute atomic E-state index is 0.109. The van der Waals surface area contributed by atoms with Crippen LogP contribution in [0.5, 0.6) is 0 Å². The van der Waals surface area contributed by atoms with Gasteiger partial charge in [0, 0.05) is 12.5 Å². The summed E-state index contributed by atoms with van der Waals surface area (Å²) in [5.74, 6) is 0.419. The molecule has 0 spiro atoms. The van der Waals surface area contributed by atoms with Crippen LogP contribution in [0.25, 0.3) is 0 Å². The van der Waals surface area contributed by atoms with Crippen molar-refractivity contribution >= 4 is 0 Å². The smallest absolute Gasteiger partial charge is 0.0800 e. The Hall–Kier alpha value is -0.340. The van der Waals surface area contributed by atoms with E-state index in [1.165, 1.54) is 0 Å². The van der Waals surface area contributed by atoms with Crippen LogP contribution >= 0.6 is 0 Å². The van der Waals surface area contributed by atoms with E-state index in [0.29, 0.717) is 5.92 Å².